The van der Waals surface area contributed by atoms with Gasteiger partial charge in [0.2, 0.25) is 0 Å². The molecule has 5 heterocycles. The molecular formula is C21H25N5O3S. The number of amides is 1. The van der Waals surface area contributed by atoms with Crippen LogP contribution in [0.4, 0.5) is 0 Å². The zero-order valence-corrected chi connectivity index (χ0v) is 17.8. The lowest BCUT2D eigenvalue weighted by Crippen LogP contribution is -2.41. The number of aromatic nitrogens is 3. The van der Waals surface area contributed by atoms with E-state index in [0.717, 1.165) is 46.0 Å². The number of hydrogen-bond acceptors (Lipinski definition) is 7. The number of aryl methyl sites for hydroxylation is 1. The van der Waals surface area contributed by atoms with Crippen molar-refractivity contribution in [1.82, 2.24) is 24.6 Å². The first kappa shape index (κ1) is 19.6. The van der Waals surface area contributed by atoms with Crippen LogP contribution in [0.25, 0.3) is 10.2 Å². The first-order valence-electron chi connectivity index (χ1n) is 10.3. The normalized spacial score (nSPS) is 20.7. The Labute approximate surface area is 179 Å². The van der Waals surface area contributed by atoms with Crippen molar-refractivity contribution in [3.8, 4) is 0 Å². The number of hydrogen-bond donors (Lipinski definition) is 0. The van der Waals surface area contributed by atoms with E-state index in [1.54, 1.807) is 6.20 Å². The molecule has 3 aromatic rings. The Hall–Kier alpha value is -2.33. The molecule has 1 atom stereocenters. The quantitative estimate of drug-likeness (QED) is 0.635. The van der Waals surface area contributed by atoms with Gasteiger partial charge in [-0.05, 0) is 12.1 Å². The summed E-state index contributed by atoms with van der Waals surface area (Å²) in [6, 6.07) is 6.02. The SMILES string of the molecule is Cn1nccc1CN1CCO[C@H](c2c(C(=O)N3CCOCC3)sc3ncccc23)C1. The fourth-order valence-corrected chi connectivity index (χ4v) is 5.31. The molecule has 8 nitrogen and oxygen atoms in total. The zero-order valence-electron chi connectivity index (χ0n) is 17.0. The van der Waals surface area contributed by atoms with Crippen LogP contribution in [-0.4, -0.2) is 76.5 Å². The predicted molar refractivity (Wildman–Crippen MR) is 114 cm³/mol. The van der Waals surface area contributed by atoms with Gasteiger partial charge in [0.05, 0.1) is 31.6 Å². The molecule has 2 aliphatic rings. The molecule has 0 aromatic carbocycles. The van der Waals surface area contributed by atoms with Crippen molar-refractivity contribution in [1.29, 1.82) is 0 Å². The highest BCUT2D eigenvalue weighted by Gasteiger charge is 2.32. The average Bonchev–Trinajstić information content (AvgIpc) is 3.37. The molecule has 3 aromatic heterocycles. The van der Waals surface area contributed by atoms with Crippen LogP contribution in [-0.2, 0) is 23.1 Å². The smallest absolute Gasteiger partial charge is 0.264 e. The van der Waals surface area contributed by atoms with E-state index >= 15 is 0 Å². The van der Waals surface area contributed by atoms with Gasteiger partial charge in [-0.3, -0.25) is 14.4 Å². The van der Waals surface area contributed by atoms with Crippen molar-refractivity contribution < 1.29 is 14.3 Å². The first-order valence-corrected chi connectivity index (χ1v) is 11.1. The molecule has 2 aliphatic heterocycles. The van der Waals surface area contributed by atoms with Crippen LogP contribution in [0, 0.1) is 0 Å². The van der Waals surface area contributed by atoms with E-state index in [9.17, 15) is 4.79 Å². The number of nitrogens with zero attached hydrogens (tertiary/aromatic N) is 5. The van der Waals surface area contributed by atoms with Crippen LogP contribution in [0.1, 0.15) is 27.0 Å². The standard InChI is InChI=1S/C21H25N5O3S/c1-24-15(4-6-23-24)13-25-7-12-29-17(14-25)18-16-3-2-5-22-20(16)30-19(18)21(27)26-8-10-28-11-9-26/h2-6,17H,7-14H2,1H3/t17-/m0/s1. The number of carbonyl (C=O) groups is 1. The van der Waals surface area contributed by atoms with Gasteiger partial charge in [-0.2, -0.15) is 5.10 Å². The summed E-state index contributed by atoms with van der Waals surface area (Å²) in [5.74, 6) is 0.0589. The highest BCUT2D eigenvalue weighted by Crippen LogP contribution is 2.38. The second-order valence-electron chi connectivity index (χ2n) is 7.65. The number of rotatable bonds is 4. The number of pyridine rings is 1. The fourth-order valence-electron chi connectivity index (χ4n) is 4.15. The Balaban J connectivity index is 1.46. The largest absolute Gasteiger partial charge is 0.378 e. The van der Waals surface area contributed by atoms with Gasteiger partial charge in [-0.15, -0.1) is 11.3 Å². The van der Waals surface area contributed by atoms with Gasteiger partial charge in [-0.1, -0.05) is 6.07 Å². The number of carbonyl (C=O) groups excluding carboxylic acids is 1. The lowest BCUT2D eigenvalue weighted by molar-refractivity contribution is -0.0332. The van der Waals surface area contributed by atoms with Gasteiger partial charge in [0.25, 0.3) is 5.91 Å². The van der Waals surface area contributed by atoms with Crippen molar-refractivity contribution in [2.75, 3.05) is 46.0 Å². The molecular weight excluding hydrogens is 402 g/mol. The Bertz CT molecular complexity index is 1040. The summed E-state index contributed by atoms with van der Waals surface area (Å²) in [6.07, 6.45) is 3.44. The molecule has 0 bridgehead atoms. The van der Waals surface area contributed by atoms with E-state index in [0.29, 0.717) is 32.9 Å². The predicted octanol–water partition coefficient (Wildman–Crippen LogP) is 2.08. The second kappa shape index (κ2) is 8.43. The van der Waals surface area contributed by atoms with E-state index in [2.05, 4.69) is 15.0 Å². The van der Waals surface area contributed by atoms with Crippen LogP contribution >= 0.6 is 11.3 Å². The lowest BCUT2D eigenvalue weighted by Gasteiger charge is -2.34. The molecule has 0 saturated carbocycles. The summed E-state index contributed by atoms with van der Waals surface area (Å²) in [6.45, 7) is 5.44. The zero-order chi connectivity index (χ0) is 20.5. The summed E-state index contributed by atoms with van der Waals surface area (Å²) >= 11 is 1.47. The fraction of sp³-hybridized carbons (Fsp3) is 0.476. The van der Waals surface area contributed by atoms with E-state index < -0.39 is 0 Å². The monoisotopic (exact) mass is 427 g/mol. The number of thiophene rings is 1. The topological polar surface area (TPSA) is 72.7 Å². The third-order valence-electron chi connectivity index (χ3n) is 5.78. The molecule has 2 fully saturated rings. The third kappa shape index (κ3) is 3.74. The Morgan fingerprint density at radius 3 is 2.87 bits per heavy atom. The minimum Gasteiger partial charge on any atom is -0.378 e. The van der Waals surface area contributed by atoms with Crippen LogP contribution in [0.2, 0.25) is 0 Å². The number of morpholine rings is 2. The Morgan fingerprint density at radius 1 is 1.20 bits per heavy atom. The molecule has 0 spiro atoms. The average molecular weight is 428 g/mol. The second-order valence-corrected chi connectivity index (χ2v) is 8.65. The minimum absolute atomic E-state index is 0.0589. The maximum Gasteiger partial charge on any atom is 0.264 e. The van der Waals surface area contributed by atoms with Crippen LogP contribution < -0.4 is 0 Å². The molecule has 158 valence electrons. The van der Waals surface area contributed by atoms with E-state index in [1.807, 2.05) is 41.0 Å². The van der Waals surface area contributed by atoms with Crippen molar-refractivity contribution in [2.24, 2.45) is 7.05 Å². The molecule has 0 unspecified atom stereocenters. The first-order chi connectivity index (χ1) is 14.7. The molecule has 0 N–H and O–H groups in total. The highest BCUT2D eigenvalue weighted by molar-refractivity contribution is 7.20. The van der Waals surface area contributed by atoms with Gasteiger partial charge >= 0.3 is 0 Å². The van der Waals surface area contributed by atoms with Gasteiger partial charge in [0.1, 0.15) is 9.71 Å². The van der Waals surface area contributed by atoms with Crippen LogP contribution in [0.3, 0.4) is 0 Å². The summed E-state index contributed by atoms with van der Waals surface area (Å²) in [5.41, 5.74) is 2.14. The molecule has 9 heteroatoms. The van der Waals surface area contributed by atoms with Crippen molar-refractivity contribution >= 4 is 27.5 Å². The van der Waals surface area contributed by atoms with E-state index in [-0.39, 0.29) is 12.0 Å². The summed E-state index contributed by atoms with van der Waals surface area (Å²) in [4.78, 5) is 23.8. The van der Waals surface area contributed by atoms with Crippen molar-refractivity contribution in [2.45, 2.75) is 12.6 Å². The van der Waals surface area contributed by atoms with Crippen LogP contribution in [0.5, 0.6) is 0 Å². The maximum atomic E-state index is 13.4. The highest BCUT2D eigenvalue weighted by atomic mass is 32.1. The Morgan fingerprint density at radius 2 is 2.07 bits per heavy atom. The molecule has 5 rings (SSSR count). The van der Waals surface area contributed by atoms with Gasteiger partial charge in [0.15, 0.2) is 0 Å². The van der Waals surface area contributed by atoms with E-state index in [4.69, 9.17) is 9.47 Å². The molecule has 30 heavy (non-hydrogen) atoms. The van der Waals surface area contributed by atoms with Crippen LogP contribution in [0.15, 0.2) is 30.6 Å². The van der Waals surface area contributed by atoms with Gasteiger partial charge in [0, 0.05) is 63.1 Å². The van der Waals surface area contributed by atoms with Crippen molar-refractivity contribution in [3.05, 3.63) is 46.7 Å². The minimum atomic E-state index is -0.162. The Kier molecular flexibility index (Phi) is 5.51. The number of fused-ring (bicyclic) bond motifs is 1. The molecule has 1 amide bonds. The van der Waals surface area contributed by atoms with Gasteiger partial charge in [-0.25, -0.2) is 4.98 Å². The third-order valence-corrected chi connectivity index (χ3v) is 6.90. The summed E-state index contributed by atoms with van der Waals surface area (Å²) in [7, 11) is 1.96. The van der Waals surface area contributed by atoms with Gasteiger partial charge < -0.3 is 14.4 Å². The summed E-state index contributed by atoms with van der Waals surface area (Å²) < 4.78 is 13.5. The number of ether oxygens (including phenoxy) is 2. The molecule has 0 aliphatic carbocycles. The molecule has 0 radical (unpaired) electrons. The maximum absolute atomic E-state index is 13.4. The lowest BCUT2D eigenvalue weighted by atomic mass is 10.0. The summed E-state index contributed by atoms with van der Waals surface area (Å²) in [5, 5.41) is 5.29. The molecule has 2 saturated heterocycles. The van der Waals surface area contributed by atoms with Crippen molar-refractivity contribution in [3.63, 3.8) is 0 Å². The van der Waals surface area contributed by atoms with E-state index in [1.165, 1.54) is 11.3 Å².